The molecule has 0 radical (unpaired) electrons. The van der Waals surface area contributed by atoms with E-state index in [1.165, 1.54) is 32.4 Å². The third-order valence-corrected chi connectivity index (χ3v) is 5.26. The Morgan fingerprint density at radius 1 is 1.03 bits per heavy atom. The number of hydrogen-bond acceptors (Lipinski definition) is 4. The van der Waals surface area contributed by atoms with Crippen molar-refractivity contribution in [1.29, 1.82) is 0 Å². The molecule has 0 saturated carbocycles. The van der Waals surface area contributed by atoms with Crippen molar-refractivity contribution in [2.24, 2.45) is 0 Å². The van der Waals surface area contributed by atoms with Gasteiger partial charge in [-0.05, 0) is 37.1 Å². The molecule has 1 N–H and O–H groups in total. The van der Waals surface area contributed by atoms with Crippen molar-refractivity contribution in [2.45, 2.75) is 18.9 Å². The van der Waals surface area contributed by atoms with Crippen LogP contribution in [0.3, 0.4) is 0 Å². The largest absolute Gasteiger partial charge is 0.496 e. The van der Waals surface area contributed by atoms with Gasteiger partial charge in [-0.3, -0.25) is 9.59 Å². The lowest BCUT2D eigenvalue weighted by atomic mass is 10.0. The SMILES string of the molecule is COc1cccc(OC)c1C(=O)NC1CCN(C(=O)c2c(F)cccc2Cl)CC1. The second kappa shape index (κ2) is 9.13. The lowest BCUT2D eigenvalue weighted by molar-refractivity contribution is 0.0693. The van der Waals surface area contributed by atoms with E-state index in [0.717, 1.165) is 0 Å². The topological polar surface area (TPSA) is 67.9 Å². The molecule has 1 aliphatic heterocycles. The van der Waals surface area contributed by atoms with E-state index < -0.39 is 11.7 Å². The zero-order valence-corrected chi connectivity index (χ0v) is 17.0. The first-order valence-electron chi connectivity index (χ1n) is 9.21. The molecule has 2 aromatic carbocycles. The van der Waals surface area contributed by atoms with Crippen LogP contribution in [0.1, 0.15) is 33.6 Å². The summed E-state index contributed by atoms with van der Waals surface area (Å²) in [7, 11) is 2.98. The minimum absolute atomic E-state index is 0.0914. The van der Waals surface area contributed by atoms with Crippen LogP contribution in [0.4, 0.5) is 4.39 Å². The first-order valence-corrected chi connectivity index (χ1v) is 9.59. The van der Waals surface area contributed by atoms with E-state index in [2.05, 4.69) is 5.32 Å². The summed E-state index contributed by atoms with van der Waals surface area (Å²) in [5, 5.41) is 3.06. The summed E-state index contributed by atoms with van der Waals surface area (Å²) in [5.74, 6) is -0.543. The summed E-state index contributed by atoms with van der Waals surface area (Å²) in [4.78, 5) is 27.0. The first-order chi connectivity index (χ1) is 14.0. The van der Waals surface area contributed by atoms with E-state index in [0.29, 0.717) is 43.0 Å². The summed E-state index contributed by atoms with van der Waals surface area (Å²) in [6.07, 6.45) is 1.09. The third kappa shape index (κ3) is 4.45. The maximum atomic E-state index is 14.0. The van der Waals surface area contributed by atoms with Crippen LogP contribution in [0.15, 0.2) is 36.4 Å². The molecule has 0 bridgehead atoms. The van der Waals surface area contributed by atoms with Crippen LogP contribution in [0.2, 0.25) is 5.02 Å². The molecule has 2 aromatic rings. The molecule has 1 aliphatic rings. The fourth-order valence-corrected chi connectivity index (χ4v) is 3.66. The average molecular weight is 421 g/mol. The van der Waals surface area contributed by atoms with Gasteiger partial charge in [-0.15, -0.1) is 0 Å². The van der Waals surface area contributed by atoms with Gasteiger partial charge in [0.25, 0.3) is 11.8 Å². The molecular weight excluding hydrogens is 399 g/mol. The van der Waals surface area contributed by atoms with Crippen molar-refractivity contribution >= 4 is 23.4 Å². The van der Waals surface area contributed by atoms with Crippen LogP contribution >= 0.6 is 11.6 Å². The monoisotopic (exact) mass is 420 g/mol. The predicted molar refractivity (Wildman–Crippen MR) is 107 cm³/mol. The molecule has 1 saturated heterocycles. The second-order valence-electron chi connectivity index (χ2n) is 6.67. The summed E-state index contributed by atoms with van der Waals surface area (Å²) in [6.45, 7) is 0.773. The van der Waals surface area contributed by atoms with Crippen LogP contribution in [0.25, 0.3) is 0 Å². The number of carbonyl (C=O) groups is 2. The Kier molecular flexibility index (Phi) is 6.59. The van der Waals surface area contributed by atoms with Gasteiger partial charge in [0.2, 0.25) is 0 Å². The fourth-order valence-electron chi connectivity index (χ4n) is 3.42. The molecule has 1 heterocycles. The van der Waals surface area contributed by atoms with Gasteiger partial charge >= 0.3 is 0 Å². The molecule has 0 unspecified atom stereocenters. The Morgan fingerprint density at radius 3 is 2.17 bits per heavy atom. The summed E-state index contributed by atoms with van der Waals surface area (Å²) >= 11 is 6.00. The Hall–Kier alpha value is -2.80. The number of likely N-dealkylation sites (tertiary alicyclic amines) is 1. The molecule has 0 aliphatic carbocycles. The molecule has 3 rings (SSSR count). The van der Waals surface area contributed by atoms with E-state index >= 15 is 0 Å². The van der Waals surface area contributed by atoms with Gasteiger partial charge in [0, 0.05) is 19.1 Å². The number of rotatable bonds is 5. The minimum atomic E-state index is -0.638. The molecule has 0 atom stereocenters. The predicted octanol–water partition coefficient (Wildman–Crippen LogP) is 3.53. The maximum absolute atomic E-state index is 14.0. The summed E-state index contributed by atoms with van der Waals surface area (Å²) in [6, 6.07) is 9.16. The number of ether oxygens (including phenoxy) is 2. The average Bonchev–Trinajstić information content (AvgIpc) is 2.73. The molecule has 6 nitrogen and oxygen atoms in total. The molecule has 1 fully saturated rings. The first kappa shape index (κ1) is 20.9. The molecule has 0 spiro atoms. The number of hydrogen-bond donors (Lipinski definition) is 1. The summed E-state index contributed by atoms with van der Waals surface area (Å²) in [5.41, 5.74) is 0.213. The van der Waals surface area contributed by atoms with Crippen LogP contribution in [-0.4, -0.2) is 50.1 Å². The van der Waals surface area contributed by atoms with Crippen molar-refractivity contribution < 1.29 is 23.5 Å². The lowest BCUT2D eigenvalue weighted by Crippen LogP contribution is -2.46. The highest BCUT2D eigenvalue weighted by molar-refractivity contribution is 6.33. The zero-order chi connectivity index (χ0) is 21.0. The van der Waals surface area contributed by atoms with Crippen molar-refractivity contribution in [3.05, 3.63) is 58.4 Å². The number of amides is 2. The quantitative estimate of drug-likeness (QED) is 0.803. The van der Waals surface area contributed by atoms with Crippen LogP contribution in [-0.2, 0) is 0 Å². The zero-order valence-electron chi connectivity index (χ0n) is 16.2. The van der Waals surface area contributed by atoms with Gasteiger partial charge in [0.15, 0.2) is 0 Å². The standard InChI is InChI=1S/C21H22ClFN2O4/c1-28-16-7-4-8-17(29-2)19(16)20(26)24-13-9-11-25(12-10-13)21(27)18-14(22)5-3-6-15(18)23/h3-8,13H,9-12H2,1-2H3,(H,24,26). The molecule has 154 valence electrons. The highest BCUT2D eigenvalue weighted by Crippen LogP contribution is 2.29. The van der Waals surface area contributed by atoms with Crippen LogP contribution in [0.5, 0.6) is 11.5 Å². The lowest BCUT2D eigenvalue weighted by Gasteiger charge is -2.32. The van der Waals surface area contributed by atoms with Crippen molar-refractivity contribution in [3.63, 3.8) is 0 Å². The summed E-state index contributed by atoms with van der Waals surface area (Å²) < 4.78 is 24.6. The van der Waals surface area contributed by atoms with E-state index in [4.69, 9.17) is 21.1 Å². The number of nitrogens with one attached hydrogen (secondary N) is 1. The number of benzene rings is 2. The van der Waals surface area contributed by atoms with E-state index in [1.807, 2.05) is 0 Å². The Balaban J connectivity index is 1.65. The molecule has 0 aromatic heterocycles. The van der Waals surface area contributed by atoms with Gasteiger partial charge in [0.1, 0.15) is 22.9 Å². The molecular formula is C21H22ClFN2O4. The Morgan fingerprint density at radius 2 is 1.62 bits per heavy atom. The number of nitrogens with zero attached hydrogens (tertiary/aromatic N) is 1. The number of halogens is 2. The van der Waals surface area contributed by atoms with Gasteiger partial charge in [-0.2, -0.15) is 0 Å². The van der Waals surface area contributed by atoms with Crippen LogP contribution in [0, 0.1) is 5.82 Å². The maximum Gasteiger partial charge on any atom is 0.259 e. The number of carbonyl (C=O) groups excluding carboxylic acids is 2. The van der Waals surface area contributed by atoms with Gasteiger partial charge in [-0.1, -0.05) is 23.7 Å². The van der Waals surface area contributed by atoms with Crippen molar-refractivity contribution in [2.75, 3.05) is 27.3 Å². The Bertz CT molecular complexity index is 871. The highest BCUT2D eigenvalue weighted by atomic mass is 35.5. The number of piperidine rings is 1. The van der Waals surface area contributed by atoms with E-state index in [1.54, 1.807) is 23.1 Å². The van der Waals surface area contributed by atoms with Gasteiger partial charge in [0.05, 0.1) is 24.8 Å². The van der Waals surface area contributed by atoms with E-state index in [-0.39, 0.29) is 22.5 Å². The van der Waals surface area contributed by atoms with E-state index in [9.17, 15) is 14.0 Å². The second-order valence-corrected chi connectivity index (χ2v) is 7.08. The van der Waals surface area contributed by atoms with Gasteiger partial charge in [-0.25, -0.2) is 4.39 Å². The van der Waals surface area contributed by atoms with Gasteiger partial charge < -0.3 is 19.7 Å². The normalized spacial score (nSPS) is 14.4. The molecule has 8 heteroatoms. The fraction of sp³-hybridized carbons (Fsp3) is 0.333. The Labute approximate surface area is 173 Å². The molecule has 29 heavy (non-hydrogen) atoms. The minimum Gasteiger partial charge on any atom is -0.496 e. The smallest absolute Gasteiger partial charge is 0.259 e. The van der Waals surface area contributed by atoms with Crippen molar-refractivity contribution in [1.82, 2.24) is 10.2 Å². The van der Waals surface area contributed by atoms with Crippen molar-refractivity contribution in [3.8, 4) is 11.5 Å². The highest BCUT2D eigenvalue weighted by Gasteiger charge is 2.28. The van der Waals surface area contributed by atoms with Crippen LogP contribution < -0.4 is 14.8 Å². The number of methoxy groups -OCH3 is 2. The third-order valence-electron chi connectivity index (χ3n) is 4.95. The molecule has 2 amide bonds.